The van der Waals surface area contributed by atoms with Gasteiger partial charge in [0.25, 0.3) is 0 Å². The van der Waals surface area contributed by atoms with Gasteiger partial charge in [-0.3, -0.25) is 0 Å². The van der Waals surface area contributed by atoms with Crippen LogP contribution in [0.3, 0.4) is 0 Å². The maximum Gasteiger partial charge on any atom is 0.115 e. The van der Waals surface area contributed by atoms with Crippen molar-refractivity contribution in [3.63, 3.8) is 0 Å². The van der Waals surface area contributed by atoms with Crippen LogP contribution < -0.4 is 0 Å². The average molecular weight is 299 g/mol. The third-order valence-corrected chi connectivity index (χ3v) is 6.11. The predicted octanol–water partition coefficient (Wildman–Crippen LogP) is 2.97. The summed E-state index contributed by atoms with van der Waals surface area (Å²) in [6.45, 7) is 2.11. The van der Waals surface area contributed by atoms with E-state index < -0.39 is 6.10 Å². The maximum absolute atomic E-state index is 10.5. The molecule has 2 fully saturated rings. The number of aliphatic hydroxyl groups is 1. The van der Waals surface area contributed by atoms with Crippen LogP contribution in [-0.4, -0.2) is 27.2 Å². The molecule has 0 unspecified atom stereocenters. The molecule has 4 rings (SSSR count). The first-order chi connectivity index (χ1) is 10.5. The van der Waals surface area contributed by atoms with Crippen molar-refractivity contribution in [2.75, 3.05) is 0 Å². The number of fused-ring (bicyclic) bond motifs is 5. The number of aromatic hydroxyl groups is 1. The Balaban J connectivity index is 1.76. The second-order valence-corrected chi connectivity index (χ2v) is 7.14. The molecule has 22 heavy (non-hydrogen) atoms. The number of allylic oxidation sites excluding steroid dienone is 2. The molecule has 0 amide bonds. The molecule has 1 aromatic rings. The lowest BCUT2D eigenvalue weighted by Crippen LogP contribution is -2.40. The van der Waals surface area contributed by atoms with Gasteiger partial charge in [0.05, 0.1) is 5.71 Å². The summed E-state index contributed by atoms with van der Waals surface area (Å²) in [5.41, 5.74) is 4.18. The standard InChI is InChI=1S/C18H21NO3/c1-18-7-6-13-12-5-3-11(20)8-10(12)2-4-14(13)15(18)9-16(19-22)17(18)21/h3-5,8,13,15,17,20-22H,2,6-7,9H2,1H3/b19-16+/t13-,15+,17+,18+/m1/s1. The van der Waals surface area contributed by atoms with Crippen LogP contribution in [0, 0.1) is 11.3 Å². The van der Waals surface area contributed by atoms with Crippen molar-refractivity contribution in [1.82, 2.24) is 0 Å². The minimum Gasteiger partial charge on any atom is -0.508 e. The van der Waals surface area contributed by atoms with Crippen LogP contribution in [0.5, 0.6) is 5.75 Å². The van der Waals surface area contributed by atoms with E-state index in [1.54, 1.807) is 6.07 Å². The molecular formula is C18H21NO3. The summed E-state index contributed by atoms with van der Waals surface area (Å²) >= 11 is 0. The van der Waals surface area contributed by atoms with Gasteiger partial charge in [-0.2, -0.15) is 0 Å². The molecule has 3 aliphatic rings. The van der Waals surface area contributed by atoms with E-state index in [4.69, 9.17) is 5.21 Å². The Bertz CT molecular complexity index is 694. The van der Waals surface area contributed by atoms with Crippen molar-refractivity contribution in [3.8, 4) is 5.75 Å². The molecule has 3 N–H and O–H groups in total. The molecule has 2 saturated carbocycles. The van der Waals surface area contributed by atoms with Gasteiger partial charge in [0, 0.05) is 11.3 Å². The molecule has 0 aliphatic heterocycles. The lowest BCUT2D eigenvalue weighted by atomic mass is 9.59. The van der Waals surface area contributed by atoms with E-state index in [-0.39, 0.29) is 11.3 Å². The molecule has 3 aliphatic carbocycles. The number of rotatable bonds is 0. The van der Waals surface area contributed by atoms with Gasteiger partial charge in [-0.25, -0.2) is 0 Å². The monoisotopic (exact) mass is 299 g/mol. The predicted molar refractivity (Wildman–Crippen MR) is 83.3 cm³/mol. The average Bonchev–Trinajstić information content (AvgIpc) is 2.78. The number of hydrogen-bond donors (Lipinski definition) is 3. The molecule has 0 radical (unpaired) electrons. The Hall–Kier alpha value is -1.81. The highest BCUT2D eigenvalue weighted by molar-refractivity contribution is 5.92. The van der Waals surface area contributed by atoms with E-state index in [9.17, 15) is 10.2 Å². The minimum atomic E-state index is -0.648. The normalized spacial score (nSPS) is 38.2. The van der Waals surface area contributed by atoms with Crippen molar-refractivity contribution >= 4 is 5.71 Å². The number of phenols is 1. The number of benzene rings is 1. The van der Waals surface area contributed by atoms with Gasteiger partial charge in [0.1, 0.15) is 11.9 Å². The van der Waals surface area contributed by atoms with Crippen LogP contribution in [0.15, 0.2) is 35.0 Å². The van der Waals surface area contributed by atoms with E-state index in [0.717, 1.165) is 19.3 Å². The van der Waals surface area contributed by atoms with Crippen LogP contribution in [0.4, 0.5) is 0 Å². The van der Waals surface area contributed by atoms with Gasteiger partial charge < -0.3 is 15.4 Å². The van der Waals surface area contributed by atoms with E-state index in [0.29, 0.717) is 23.8 Å². The highest BCUT2D eigenvalue weighted by Gasteiger charge is 2.55. The number of nitrogens with zero attached hydrogens (tertiary/aromatic N) is 1. The fourth-order valence-electron chi connectivity index (χ4n) is 4.85. The van der Waals surface area contributed by atoms with Gasteiger partial charge in [-0.1, -0.05) is 29.8 Å². The molecule has 1 aromatic carbocycles. The molecule has 0 heterocycles. The third-order valence-electron chi connectivity index (χ3n) is 6.11. The van der Waals surface area contributed by atoms with Gasteiger partial charge >= 0.3 is 0 Å². The molecule has 0 bridgehead atoms. The first kappa shape index (κ1) is 13.8. The zero-order chi connectivity index (χ0) is 15.5. The van der Waals surface area contributed by atoms with Crippen molar-refractivity contribution in [3.05, 3.63) is 41.0 Å². The van der Waals surface area contributed by atoms with Crippen LogP contribution >= 0.6 is 0 Å². The maximum atomic E-state index is 10.5. The van der Waals surface area contributed by atoms with Crippen molar-refractivity contribution in [2.24, 2.45) is 16.5 Å². The Morgan fingerprint density at radius 1 is 1.32 bits per heavy atom. The summed E-state index contributed by atoms with van der Waals surface area (Å²) in [5, 5.41) is 32.7. The van der Waals surface area contributed by atoms with Gasteiger partial charge in [0.2, 0.25) is 0 Å². The summed E-state index contributed by atoms with van der Waals surface area (Å²) in [5.74, 6) is 0.934. The van der Waals surface area contributed by atoms with E-state index >= 15 is 0 Å². The highest BCUT2D eigenvalue weighted by atomic mass is 16.4. The summed E-state index contributed by atoms with van der Waals surface area (Å²) in [6.07, 6.45) is 4.99. The Morgan fingerprint density at radius 3 is 2.91 bits per heavy atom. The van der Waals surface area contributed by atoms with Crippen LogP contribution in [0.25, 0.3) is 0 Å². The molecule has 4 atom stereocenters. The fourth-order valence-corrected chi connectivity index (χ4v) is 4.85. The van der Waals surface area contributed by atoms with E-state index in [1.807, 2.05) is 12.1 Å². The van der Waals surface area contributed by atoms with Gasteiger partial charge in [0.15, 0.2) is 0 Å². The second kappa shape index (κ2) is 4.59. The van der Waals surface area contributed by atoms with Crippen LogP contribution in [0.1, 0.15) is 43.2 Å². The van der Waals surface area contributed by atoms with Gasteiger partial charge in [-0.05, 0) is 54.9 Å². The molecule has 116 valence electrons. The first-order valence-electron chi connectivity index (χ1n) is 7.95. The summed E-state index contributed by atoms with van der Waals surface area (Å²) < 4.78 is 0. The highest BCUT2D eigenvalue weighted by Crippen LogP contribution is 2.58. The quantitative estimate of drug-likeness (QED) is 0.392. The first-order valence-corrected chi connectivity index (χ1v) is 7.95. The topological polar surface area (TPSA) is 73.1 Å². The zero-order valence-corrected chi connectivity index (χ0v) is 12.7. The fraction of sp³-hybridized carbons (Fsp3) is 0.500. The third kappa shape index (κ3) is 1.70. The van der Waals surface area contributed by atoms with Crippen molar-refractivity contribution < 1.29 is 15.4 Å². The zero-order valence-electron chi connectivity index (χ0n) is 12.7. The van der Waals surface area contributed by atoms with Gasteiger partial charge in [-0.15, -0.1) is 0 Å². The number of oxime groups is 1. The SMILES string of the molecule is C[C@]12CC[C@H]3C(=CCc4cc(O)ccc43)[C@@H]1C/C(=N\O)[C@@H]2O. The Morgan fingerprint density at radius 2 is 2.14 bits per heavy atom. The van der Waals surface area contributed by atoms with Crippen LogP contribution in [-0.2, 0) is 6.42 Å². The summed E-state index contributed by atoms with van der Waals surface area (Å²) in [7, 11) is 0. The molecule has 0 spiro atoms. The number of phenolic OH excluding ortho intramolecular Hbond substituents is 1. The number of hydrogen-bond acceptors (Lipinski definition) is 4. The Kier molecular flexibility index (Phi) is 2.89. The summed E-state index contributed by atoms with van der Waals surface area (Å²) in [4.78, 5) is 0. The van der Waals surface area contributed by atoms with E-state index in [2.05, 4.69) is 18.2 Å². The molecule has 0 aromatic heterocycles. The Labute approximate surface area is 129 Å². The minimum absolute atomic E-state index is 0.224. The lowest BCUT2D eigenvalue weighted by Gasteiger charge is -2.45. The lowest BCUT2D eigenvalue weighted by molar-refractivity contribution is 0.0501. The molecule has 4 heteroatoms. The molecular weight excluding hydrogens is 278 g/mol. The largest absolute Gasteiger partial charge is 0.508 e. The molecule has 4 nitrogen and oxygen atoms in total. The number of aliphatic hydroxyl groups excluding tert-OH is 1. The van der Waals surface area contributed by atoms with Crippen molar-refractivity contribution in [1.29, 1.82) is 0 Å². The van der Waals surface area contributed by atoms with Crippen molar-refractivity contribution in [2.45, 2.75) is 44.6 Å². The van der Waals surface area contributed by atoms with E-state index in [1.165, 1.54) is 16.7 Å². The summed E-state index contributed by atoms with van der Waals surface area (Å²) in [6, 6.07) is 5.66. The second-order valence-electron chi connectivity index (χ2n) is 7.14. The molecule has 0 saturated heterocycles. The van der Waals surface area contributed by atoms with Crippen LogP contribution in [0.2, 0.25) is 0 Å². The smallest absolute Gasteiger partial charge is 0.115 e.